The average molecular weight is 353 g/mol. The van der Waals surface area contributed by atoms with Gasteiger partial charge in [-0.1, -0.05) is 41.4 Å². The SMILES string of the molecule is Cc1cccc(CNc2ncc(C(=O)Nc3ccc(Cl)cc3)cn2)c1. The summed E-state index contributed by atoms with van der Waals surface area (Å²) >= 11 is 5.83. The van der Waals surface area contributed by atoms with Crippen molar-refractivity contribution in [2.24, 2.45) is 0 Å². The van der Waals surface area contributed by atoms with Gasteiger partial charge in [0.25, 0.3) is 5.91 Å². The molecule has 0 aliphatic rings. The first-order valence-electron chi connectivity index (χ1n) is 7.78. The molecule has 0 bridgehead atoms. The standard InChI is InChI=1S/C19H17ClN4O/c1-13-3-2-4-14(9-13)10-21-19-22-11-15(12-23-19)18(25)24-17-7-5-16(20)6-8-17/h2-9,11-12H,10H2,1H3,(H,24,25)(H,21,22,23). The molecule has 2 N–H and O–H groups in total. The molecule has 3 aromatic rings. The number of amides is 1. The molecule has 1 amide bonds. The number of rotatable bonds is 5. The second-order valence-corrected chi connectivity index (χ2v) is 6.04. The first kappa shape index (κ1) is 16.9. The van der Waals surface area contributed by atoms with E-state index in [-0.39, 0.29) is 5.91 Å². The number of halogens is 1. The van der Waals surface area contributed by atoms with Gasteiger partial charge in [0.1, 0.15) is 0 Å². The summed E-state index contributed by atoms with van der Waals surface area (Å²) in [6.07, 6.45) is 2.99. The third-order valence-electron chi connectivity index (χ3n) is 3.55. The predicted octanol–water partition coefficient (Wildman–Crippen LogP) is 4.30. The molecule has 0 unspecified atom stereocenters. The van der Waals surface area contributed by atoms with Gasteiger partial charge >= 0.3 is 0 Å². The van der Waals surface area contributed by atoms with Crippen LogP contribution in [0.5, 0.6) is 0 Å². The normalized spacial score (nSPS) is 10.3. The predicted molar refractivity (Wildman–Crippen MR) is 99.9 cm³/mol. The minimum atomic E-state index is -0.271. The van der Waals surface area contributed by atoms with Crippen LogP contribution in [-0.2, 0) is 6.54 Å². The fraction of sp³-hybridized carbons (Fsp3) is 0.105. The number of hydrogen-bond donors (Lipinski definition) is 2. The highest BCUT2D eigenvalue weighted by Crippen LogP contribution is 2.14. The van der Waals surface area contributed by atoms with Crippen molar-refractivity contribution in [3.8, 4) is 0 Å². The summed E-state index contributed by atoms with van der Waals surface area (Å²) in [5, 5.41) is 6.53. The summed E-state index contributed by atoms with van der Waals surface area (Å²) in [5.74, 6) is 0.206. The molecular weight excluding hydrogens is 336 g/mol. The number of carbonyl (C=O) groups is 1. The summed E-state index contributed by atoms with van der Waals surface area (Å²) < 4.78 is 0. The summed E-state index contributed by atoms with van der Waals surface area (Å²) in [7, 11) is 0. The Labute approximate surface area is 151 Å². The third kappa shape index (κ3) is 4.78. The minimum absolute atomic E-state index is 0.271. The van der Waals surface area contributed by atoms with Crippen molar-refractivity contribution in [1.29, 1.82) is 0 Å². The van der Waals surface area contributed by atoms with Crippen LogP contribution in [0.15, 0.2) is 60.9 Å². The Balaban J connectivity index is 1.59. The zero-order valence-corrected chi connectivity index (χ0v) is 14.4. The van der Waals surface area contributed by atoms with Gasteiger partial charge in [0, 0.05) is 29.6 Å². The lowest BCUT2D eigenvalue weighted by atomic mass is 10.1. The molecule has 0 spiro atoms. The first-order valence-corrected chi connectivity index (χ1v) is 8.16. The summed E-state index contributed by atoms with van der Waals surface area (Å²) in [4.78, 5) is 20.6. The largest absolute Gasteiger partial charge is 0.350 e. The molecule has 2 aromatic carbocycles. The van der Waals surface area contributed by atoms with E-state index in [1.54, 1.807) is 24.3 Å². The quantitative estimate of drug-likeness (QED) is 0.718. The van der Waals surface area contributed by atoms with Gasteiger partial charge < -0.3 is 10.6 Å². The van der Waals surface area contributed by atoms with Crippen LogP contribution in [0.3, 0.4) is 0 Å². The Bertz CT molecular complexity index is 863. The second kappa shape index (κ2) is 7.77. The Morgan fingerprint density at radius 2 is 1.80 bits per heavy atom. The van der Waals surface area contributed by atoms with Crippen molar-refractivity contribution >= 4 is 29.1 Å². The van der Waals surface area contributed by atoms with Crippen molar-refractivity contribution in [1.82, 2.24) is 9.97 Å². The Kier molecular flexibility index (Phi) is 5.26. The van der Waals surface area contributed by atoms with Crippen molar-refractivity contribution in [3.05, 3.63) is 82.6 Å². The number of aryl methyl sites for hydroxylation is 1. The van der Waals surface area contributed by atoms with Gasteiger partial charge in [-0.05, 0) is 36.8 Å². The van der Waals surface area contributed by atoms with E-state index in [4.69, 9.17) is 11.6 Å². The number of benzene rings is 2. The Morgan fingerprint density at radius 3 is 2.48 bits per heavy atom. The highest BCUT2D eigenvalue weighted by Gasteiger charge is 2.08. The van der Waals surface area contributed by atoms with Crippen LogP contribution in [0.4, 0.5) is 11.6 Å². The zero-order valence-electron chi connectivity index (χ0n) is 13.7. The number of nitrogens with one attached hydrogen (secondary N) is 2. The molecule has 0 aliphatic heterocycles. The molecule has 126 valence electrons. The molecule has 0 radical (unpaired) electrons. The van der Waals surface area contributed by atoms with Gasteiger partial charge in [0.05, 0.1) is 5.56 Å². The summed E-state index contributed by atoms with van der Waals surface area (Å²) in [5.41, 5.74) is 3.40. The number of nitrogens with zero attached hydrogens (tertiary/aromatic N) is 2. The maximum atomic E-state index is 12.2. The first-order chi connectivity index (χ1) is 12.1. The number of anilines is 2. The molecule has 0 aliphatic carbocycles. The highest BCUT2D eigenvalue weighted by molar-refractivity contribution is 6.30. The van der Waals surface area contributed by atoms with Crippen LogP contribution < -0.4 is 10.6 Å². The third-order valence-corrected chi connectivity index (χ3v) is 3.80. The molecule has 25 heavy (non-hydrogen) atoms. The maximum absolute atomic E-state index is 12.2. The van der Waals surface area contributed by atoms with Gasteiger partial charge in [0.2, 0.25) is 5.95 Å². The molecule has 1 aromatic heterocycles. The second-order valence-electron chi connectivity index (χ2n) is 5.60. The van der Waals surface area contributed by atoms with Crippen molar-refractivity contribution in [2.45, 2.75) is 13.5 Å². The molecule has 0 saturated heterocycles. The van der Waals surface area contributed by atoms with Crippen LogP contribution in [0.2, 0.25) is 5.02 Å². The molecule has 6 heteroatoms. The highest BCUT2D eigenvalue weighted by atomic mass is 35.5. The lowest BCUT2D eigenvalue weighted by Gasteiger charge is -2.07. The van der Waals surface area contributed by atoms with Gasteiger partial charge in [-0.2, -0.15) is 0 Å². The van der Waals surface area contributed by atoms with Crippen LogP contribution in [0.25, 0.3) is 0 Å². The summed E-state index contributed by atoms with van der Waals surface area (Å²) in [6, 6.07) is 15.1. The van der Waals surface area contributed by atoms with Gasteiger partial charge in [-0.15, -0.1) is 0 Å². The van der Waals surface area contributed by atoms with Gasteiger partial charge in [-0.25, -0.2) is 9.97 Å². The fourth-order valence-electron chi connectivity index (χ4n) is 2.28. The zero-order chi connectivity index (χ0) is 17.6. The van der Waals surface area contributed by atoms with E-state index < -0.39 is 0 Å². The van der Waals surface area contributed by atoms with Crippen LogP contribution in [0, 0.1) is 6.92 Å². The van der Waals surface area contributed by atoms with Gasteiger partial charge in [0.15, 0.2) is 0 Å². The molecule has 3 rings (SSSR count). The van der Waals surface area contributed by atoms with Crippen LogP contribution in [0.1, 0.15) is 21.5 Å². The average Bonchev–Trinajstić information content (AvgIpc) is 2.62. The monoisotopic (exact) mass is 352 g/mol. The fourth-order valence-corrected chi connectivity index (χ4v) is 2.40. The number of aromatic nitrogens is 2. The molecular formula is C19H17ClN4O. The molecule has 0 fully saturated rings. The van der Waals surface area contributed by atoms with E-state index >= 15 is 0 Å². The maximum Gasteiger partial charge on any atom is 0.258 e. The van der Waals surface area contributed by atoms with E-state index in [9.17, 15) is 4.79 Å². The van der Waals surface area contributed by atoms with Crippen molar-refractivity contribution in [2.75, 3.05) is 10.6 Å². The molecule has 1 heterocycles. The van der Waals surface area contributed by atoms with Crippen LogP contribution in [-0.4, -0.2) is 15.9 Å². The van der Waals surface area contributed by atoms with E-state index in [1.807, 2.05) is 25.1 Å². The minimum Gasteiger partial charge on any atom is -0.350 e. The van der Waals surface area contributed by atoms with E-state index in [2.05, 4.69) is 26.7 Å². The van der Waals surface area contributed by atoms with E-state index in [0.29, 0.717) is 28.8 Å². The van der Waals surface area contributed by atoms with Crippen molar-refractivity contribution in [3.63, 3.8) is 0 Å². The number of carbonyl (C=O) groups excluding carboxylic acids is 1. The lowest BCUT2D eigenvalue weighted by molar-refractivity contribution is 0.102. The molecule has 5 nitrogen and oxygen atoms in total. The topological polar surface area (TPSA) is 66.9 Å². The van der Waals surface area contributed by atoms with Crippen LogP contribution >= 0.6 is 11.6 Å². The van der Waals surface area contributed by atoms with E-state index in [1.165, 1.54) is 18.0 Å². The van der Waals surface area contributed by atoms with Crippen molar-refractivity contribution < 1.29 is 4.79 Å². The molecule has 0 atom stereocenters. The smallest absolute Gasteiger partial charge is 0.258 e. The van der Waals surface area contributed by atoms with Gasteiger partial charge in [-0.3, -0.25) is 4.79 Å². The summed E-state index contributed by atoms with van der Waals surface area (Å²) in [6.45, 7) is 2.67. The molecule has 0 saturated carbocycles. The number of hydrogen-bond acceptors (Lipinski definition) is 4. The Hall–Kier alpha value is -2.92. The lowest BCUT2D eigenvalue weighted by Crippen LogP contribution is -2.13. The van der Waals surface area contributed by atoms with E-state index in [0.717, 1.165) is 5.56 Å². The Morgan fingerprint density at radius 1 is 1.08 bits per heavy atom.